The lowest BCUT2D eigenvalue weighted by Gasteiger charge is -2.19. The Kier molecular flexibility index (Phi) is 4.92. The highest BCUT2D eigenvalue weighted by Crippen LogP contribution is 2.30. The molecular formula is C13H23N3OS. The molecule has 2 unspecified atom stereocenters. The van der Waals surface area contributed by atoms with E-state index in [2.05, 4.69) is 29.5 Å². The van der Waals surface area contributed by atoms with Gasteiger partial charge in [0.1, 0.15) is 0 Å². The van der Waals surface area contributed by atoms with Crippen LogP contribution >= 0.6 is 11.8 Å². The summed E-state index contributed by atoms with van der Waals surface area (Å²) in [6.45, 7) is 6.27. The number of amidine groups is 1. The Balaban J connectivity index is 1.71. The van der Waals surface area contributed by atoms with Gasteiger partial charge in [0.15, 0.2) is 5.17 Å². The summed E-state index contributed by atoms with van der Waals surface area (Å²) in [7, 11) is 0. The fraction of sp³-hybridized carbons (Fsp3) is 0.846. The molecule has 102 valence electrons. The standard InChI is InChI=1S/C13H23N3OS/c1-3-9(4-2)11-8-15-13(18-11)14-7-10-5-6-12(17)16-10/h9-11H,3-8H2,1-2H3,(H,14,15)(H,16,17). The van der Waals surface area contributed by atoms with Crippen LogP contribution in [0.4, 0.5) is 0 Å². The molecule has 2 heterocycles. The second-order valence-electron chi connectivity index (χ2n) is 5.06. The van der Waals surface area contributed by atoms with Gasteiger partial charge in [-0.15, -0.1) is 0 Å². The molecule has 1 fully saturated rings. The Hall–Kier alpha value is -0.710. The number of carbonyl (C=O) groups is 1. The second-order valence-corrected chi connectivity index (χ2v) is 6.29. The minimum atomic E-state index is 0.178. The first-order valence-electron chi connectivity index (χ1n) is 6.97. The van der Waals surface area contributed by atoms with E-state index in [9.17, 15) is 4.79 Å². The molecule has 0 spiro atoms. The number of hydrogen-bond acceptors (Lipinski definition) is 4. The number of carbonyl (C=O) groups excluding carboxylic acids is 1. The lowest BCUT2D eigenvalue weighted by Crippen LogP contribution is -2.37. The monoisotopic (exact) mass is 269 g/mol. The minimum Gasteiger partial charge on any atom is -0.363 e. The maximum absolute atomic E-state index is 11.1. The summed E-state index contributed by atoms with van der Waals surface area (Å²) in [5, 5.41) is 8.05. The van der Waals surface area contributed by atoms with Crippen LogP contribution in [0.5, 0.6) is 0 Å². The number of rotatable bonds is 5. The van der Waals surface area contributed by atoms with E-state index in [0.29, 0.717) is 11.7 Å². The fourth-order valence-electron chi connectivity index (χ4n) is 2.59. The van der Waals surface area contributed by atoms with Crippen molar-refractivity contribution in [2.45, 2.75) is 50.8 Å². The van der Waals surface area contributed by atoms with Crippen LogP contribution in [0.1, 0.15) is 39.5 Å². The lowest BCUT2D eigenvalue weighted by atomic mass is 9.99. The van der Waals surface area contributed by atoms with Crippen molar-refractivity contribution < 1.29 is 4.79 Å². The molecular weight excluding hydrogens is 246 g/mol. The molecule has 5 heteroatoms. The summed E-state index contributed by atoms with van der Waals surface area (Å²) in [4.78, 5) is 15.7. The highest BCUT2D eigenvalue weighted by Gasteiger charge is 2.27. The van der Waals surface area contributed by atoms with Crippen LogP contribution in [0, 0.1) is 5.92 Å². The molecule has 1 saturated heterocycles. The summed E-state index contributed by atoms with van der Waals surface area (Å²) < 4.78 is 0. The zero-order chi connectivity index (χ0) is 13.0. The van der Waals surface area contributed by atoms with Crippen LogP contribution in [0.25, 0.3) is 0 Å². The molecule has 0 aromatic carbocycles. The van der Waals surface area contributed by atoms with Gasteiger partial charge < -0.3 is 10.6 Å². The molecule has 18 heavy (non-hydrogen) atoms. The third-order valence-corrected chi connectivity index (χ3v) is 5.17. The molecule has 0 saturated carbocycles. The summed E-state index contributed by atoms with van der Waals surface area (Å²) in [5.74, 6) is 0.946. The summed E-state index contributed by atoms with van der Waals surface area (Å²) in [5.41, 5.74) is 0. The van der Waals surface area contributed by atoms with Gasteiger partial charge in [0, 0.05) is 24.3 Å². The number of nitrogens with zero attached hydrogens (tertiary/aromatic N) is 1. The molecule has 2 aliphatic heterocycles. The third kappa shape index (κ3) is 3.40. The quantitative estimate of drug-likeness (QED) is 0.799. The molecule has 0 radical (unpaired) electrons. The van der Waals surface area contributed by atoms with Gasteiger partial charge in [-0.1, -0.05) is 38.5 Å². The molecule has 4 nitrogen and oxygen atoms in total. The van der Waals surface area contributed by atoms with Crippen molar-refractivity contribution in [1.29, 1.82) is 0 Å². The Morgan fingerprint density at radius 2 is 2.28 bits per heavy atom. The van der Waals surface area contributed by atoms with Crippen molar-refractivity contribution in [3.8, 4) is 0 Å². The van der Waals surface area contributed by atoms with Gasteiger partial charge in [0.05, 0.1) is 6.54 Å². The van der Waals surface area contributed by atoms with Gasteiger partial charge in [0.2, 0.25) is 5.91 Å². The number of thioether (sulfide) groups is 1. The van der Waals surface area contributed by atoms with Gasteiger partial charge in [0.25, 0.3) is 0 Å². The van der Waals surface area contributed by atoms with Gasteiger partial charge in [-0.3, -0.25) is 9.79 Å². The van der Waals surface area contributed by atoms with Crippen LogP contribution in [0.3, 0.4) is 0 Å². The normalized spacial score (nSPS) is 27.5. The highest BCUT2D eigenvalue weighted by molar-refractivity contribution is 8.14. The van der Waals surface area contributed by atoms with E-state index in [1.54, 1.807) is 0 Å². The molecule has 0 bridgehead atoms. The predicted molar refractivity (Wildman–Crippen MR) is 76.9 cm³/mol. The number of hydrogen-bond donors (Lipinski definition) is 2. The van der Waals surface area contributed by atoms with Gasteiger partial charge in [-0.25, -0.2) is 0 Å². The average Bonchev–Trinajstić information content (AvgIpc) is 2.98. The molecule has 2 aliphatic rings. The van der Waals surface area contributed by atoms with Crippen molar-refractivity contribution >= 4 is 22.8 Å². The smallest absolute Gasteiger partial charge is 0.220 e. The molecule has 1 amide bonds. The summed E-state index contributed by atoms with van der Waals surface area (Å²) in [6, 6.07) is 0.285. The Labute approximate surface area is 113 Å². The average molecular weight is 269 g/mol. The molecule has 0 aromatic heterocycles. The first-order valence-corrected chi connectivity index (χ1v) is 7.85. The van der Waals surface area contributed by atoms with Gasteiger partial charge in [-0.05, 0) is 12.3 Å². The van der Waals surface area contributed by atoms with E-state index in [4.69, 9.17) is 0 Å². The van der Waals surface area contributed by atoms with E-state index in [1.807, 2.05) is 11.8 Å². The van der Waals surface area contributed by atoms with E-state index >= 15 is 0 Å². The molecule has 0 aliphatic carbocycles. The lowest BCUT2D eigenvalue weighted by molar-refractivity contribution is -0.119. The second kappa shape index (κ2) is 6.45. The van der Waals surface area contributed by atoms with E-state index in [-0.39, 0.29) is 11.9 Å². The zero-order valence-electron chi connectivity index (χ0n) is 11.2. The van der Waals surface area contributed by atoms with Crippen LogP contribution in [0.2, 0.25) is 0 Å². The SMILES string of the molecule is CCC(CC)C1CN=C(NCC2CCC(=O)N2)S1. The number of nitrogens with one attached hydrogen (secondary N) is 2. The van der Waals surface area contributed by atoms with Crippen molar-refractivity contribution in [2.75, 3.05) is 13.1 Å². The van der Waals surface area contributed by atoms with Crippen LogP contribution < -0.4 is 10.6 Å². The van der Waals surface area contributed by atoms with E-state index in [1.165, 1.54) is 12.8 Å². The maximum Gasteiger partial charge on any atom is 0.220 e. The molecule has 2 rings (SSSR count). The maximum atomic E-state index is 11.1. The van der Waals surface area contributed by atoms with Crippen molar-refractivity contribution in [2.24, 2.45) is 10.9 Å². The van der Waals surface area contributed by atoms with E-state index in [0.717, 1.165) is 30.6 Å². The number of amides is 1. The number of aliphatic imine (C=N–C) groups is 1. The first kappa shape index (κ1) is 13.7. The van der Waals surface area contributed by atoms with E-state index < -0.39 is 0 Å². The van der Waals surface area contributed by atoms with Gasteiger partial charge >= 0.3 is 0 Å². The van der Waals surface area contributed by atoms with Crippen molar-refractivity contribution in [3.63, 3.8) is 0 Å². The molecule has 0 aromatic rings. The van der Waals surface area contributed by atoms with Crippen LogP contribution in [-0.2, 0) is 4.79 Å². The minimum absolute atomic E-state index is 0.178. The Morgan fingerprint density at radius 1 is 1.50 bits per heavy atom. The zero-order valence-corrected chi connectivity index (χ0v) is 12.1. The Morgan fingerprint density at radius 3 is 2.89 bits per heavy atom. The third-order valence-electron chi connectivity index (χ3n) is 3.84. The topological polar surface area (TPSA) is 53.5 Å². The van der Waals surface area contributed by atoms with Crippen molar-refractivity contribution in [1.82, 2.24) is 10.6 Å². The molecule has 2 N–H and O–H groups in total. The predicted octanol–water partition coefficient (Wildman–Crippen LogP) is 1.76. The van der Waals surface area contributed by atoms with Crippen LogP contribution in [-0.4, -0.2) is 35.5 Å². The van der Waals surface area contributed by atoms with Crippen molar-refractivity contribution in [3.05, 3.63) is 0 Å². The fourth-order valence-corrected chi connectivity index (χ4v) is 3.92. The Bertz CT molecular complexity index is 328. The first-order chi connectivity index (χ1) is 8.72. The summed E-state index contributed by atoms with van der Waals surface area (Å²) >= 11 is 1.88. The van der Waals surface area contributed by atoms with Crippen LogP contribution in [0.15, 0.2) is 4.99 Å². The summed E-state index contributed by atoms with van der Waals surface area (Å²) in [6.07, 6.45) is 4.08. The molecule has 2 atom stereocenters. The highest BCUT2D eigenvalue weighted by atomic mass is 32.2. The largest absolute Gasteiger partial charge is 0.363 e. The van der Waals surface area contributed by atoms with Gasteiger partial charge in [-0.2, -0.15) is 0 Å².